The number of hydrogen-bond donors (Lipinski definition) is 2. The summed E-state index contributed by atoms with van der Waals surface area (Å²) in [5.74, 6) is -0.141. The lowest BCUT2D eigenvalue weighted by Gasteiger charge is -1.98. The monoisotopic (exact) mass is 198 g/mol. The molecular formula is C10H11FOS. The number of para-hydroxylation sites is 1. The summed E-state index contributed by atoms with van der Waals surface area (Å²) in [5.41, 5.74) is 0.502. The molecule has 1 aromatic rings. The standard InChI is InChI=1S/C10H11FOS/c11-9-6-3-5-8(10(9)12)4-1-2-7-13/h1,3-6,12-13H,2,7H2. The van der Waals surface area contributed by atoms with Gasteiger partial charge in [-0.1, -0.05) is 24.3 Å². The quantitative estimate of drug-likeness (QED) is 0.715. The number of hydrogen-bond acceptors (Lipinski definition) is 2. The Morgan fingerprint density at radius 3 is 2.92 bits per heavy atom. The van der Waals surface area contributed by atoms with E-state index in [0.29, 0.717) is 5.56 Å². The third-order valence-corrected chi connectivity index (χ3v) is 1.87. The van der Waals surface area contributed by atoms with E-state index >= 15 is 0 Å². The maximum absolute atomic E-state index is 12.8. The maximum atomic E-state index is 12.8. The van der Waals surface area contributed by atoms with E-state index in [9.17, 15) is 9.50 Å². The molecule has 0 amide bonds. The molecule has 0 radical (unpaired) electrons. The van der Waals surface area contributed by atoms with Gasteiger partial charge < -0.3 is 5.11 Å². The summed E-state index contributed by atoms with van der Waals surface area (Å²) in [6.45, 7) is 0. The molecule has 1 nitrogen and oxygen atoms in total. The molecule has 70 valence electrons. The minimum Gasteiger partial charge on any atom is -0.504 e. The summed E-state index contributed by atoms with van der Waals surface area (Å²) in [7, 11) is 0. The Kier molecular flexibility index (Phi) is 3.83. The molecular weight excluding hydrogens is 187 g/mol. The van der Waals surface area contributed by atoms with Crippen molar-refractivity contribution in [3.63, 3.8) is 0 Å². The van der Waals surface area contributed by atoms with Crippen molar-refractivity contribution >= 4 is 18.7 Å². The number of phenols is 1. The van der Waals surface area contributed by atoms with E-state index in [-0.39, 0.29) is 5.75 Å². The number of phenolic OH excluding ortho intramolecular Hbond substituents is 1. The molecule has 3 heteroatoms. The molecule has 0 heterocycles. The lowest BCUT2D eigenvalue weighted by Crippen LogP contribution is -1.79. The van der Waals surface area contributed by atoms with Gasteiger partial charge in [0.05, 0.1) is 0 Å². The Bertz CT molecular complexity index is 310. The van der Waals surface area contributed by atoms with Gasteiger partial charge in [-0.05, 0) is 18.2 Å². The molecule has 13 heavy (non-hydrogen) atoms. The summed E-state index contributed by atoms with van der Waals surface area (Å²) in [4.78, 5) is 0. The smallest absolute Gasteiger partial charge is 0.165 e. The average Bonchev–Trinajstić information content (AvgIpc) is 2.13. The van der Waals surface area contributed by atoms with Crippen LogP contribution in [0, 0.1) is 5.82 Å². The minimum atomic E-state index is -0.590. The molecule has 1 N–H and O–H groups in total. The third-order valence-electron chi connectivity index (χ3n) is 1.61. The number of thiol groups is 1. The predicted octanol–water partition coefficient (Wildman–Crippen LogP) is 2.86. The van der Waals surface area contributed by atoms with Crippen LogP contribution in [0.2, 0.25) is 0 Å². The first-order valence-electron chi connectivity index (χ1n) is 4.00. The molecule has 0 saturated heterocycles. The maximum Gasteiger partial charge on any atom is 0.165 e. The largest absolute Gasteiger partial charge is 0.504 e. The molecule has 1 aromatic carbocycles. The van der Waals surface area contributed by atoms with Gasteiger partial charge in [-0.3, -0.25) is 0 Å². The average molecular weight is 198 g/mol. The van der Waals surface area contributed by atoms with Crippen molar-refractivity contribution < 1.29 is 9.50 Å². The van der Waals surface area contributed by atoms with E-state index in [0.717, 1.165) is 12.2 Å². The fourth-order valence-electron chi connectivity index (χ4n) is 0.951. The van der Waals surface area contributed by atoms with Crippen LogP contribution < -0.4 is 0 Å². The Labute approximate surface area is 82.3 Å². The molecule has 0 aliphatic rings. The number of aromatic hydroxyl groups is 1. The van der Waals surface area contributed by atoms with Crippen LogP contribution >= 0.6 is 12.6 Å². The fourth-order valence-corrected chi connectivity index (χ4v) is 1.10. The SMILES string of the molecule is Oc1c(F)cccc1C=CCCS. The van der Waals surface area contributed by atoms with Gasteiger partial charge in [0.2, 0.25) is 0 Å². The van der Waals surface area contributed by atoms with Gasteiger partial charge in [0, 0.05) is 5.56 Å². The Morgan fingerprint density at radius 2 is 2.23 bits per heavy atom. The molecule has 1 rings (SSSR count). The summed E-state index contributed by atoms with van der Waals surface area (Å²) < 4.78 is 12.8. The number of allylic oxidation sites excluding steroid dienone is 1. The van der Waals surface area contributed by atoms with Crippen LogP contribution in [-0.2, 0) is 0 Å². The molecule has 0 spiro atoms. The van der Waals surface area contributed by atoms with Gasteiger partial charge in [-0.25, -0.2) is 4.39 Å². The Hall–Kier alpha value is -0.960. The second kappa shape index (κ2) is 4.92. The summed E-state index contributed by atoms with van der Waals surface area (Å²) in [6, 6.07) is 4.45. The predicted molar refractivity (Wildman–Crippen MR) is 55.6 cm³/mol. The third kappa shape index (κ3) is 2.77. The van der Waals surface area contributed by atoms with E-state index in [1.54, 1.807) is 18.2 Å². The van der Waals surface area contributed by atoms with Crippen molar-refractivity contribution in [2.45, 2.75) is 6.42 Å². The molecule has 0 aliphatic carbocycles. The summed E-state index contributed by atoms with van der Waals surface area (Å²) in [6.07, 6.45) is 4.34. The van der Waals surface area contributed by atoms with Gasteiger partial charge in [0.1, 0.15) is 0 Å². The van der Waals surface area contributed by atoms with Crippen LogP contribution in [0.1, 0.15) is 12.0 Å². The Morgan fingerprint density at radius 1 is 1.46 bits per heavy atom. The van der Waals surface area contributed by atoms with Crippen LogP contribution in [0.15, 0.2) is 24.3 Å². The van der Waals surface area contributed by atoms with E-state index in [2.05, 4.69) is 12.6 Å². The Balaban J connectivity index is 2.83. The van der Waals surface area contributed by atoms with Crippen molar-refractivity contribution in [1.82, 2.24) is 0 Å². The zero-order valence-corrected chi connectivity index (χ0v) is 7.97. The van der Waals surface area contributed by atoms with Crippen molar-refractivity contribution in [2.24, 2.45) is 0 Å². The normalized spacial score (nSPS) is 10.9. The van der Waals surface area contributed by atoms with E-state index in [4.69, 9.17) is 0 Å². The van der Waals surface area contributed by atoms with Gasteiger partial charge in [0.25, 0.3) is 0 Å². The van der Waals surface area contributed by atoms with Crippen LogP contribution in [0.25, 0.3) is 6.08 Å². The van der Waals surface area contributed by atoms with Gasteiger partial charge >= 0.3 is 0 Å². The number of halogens is 1. The summed E-state index contributed by atoms with van der Waals surface area (Å²) >= 11 is 4.03. The second-order valence-corrected chi connectivity index (χ2v) is 3.04. The van der Waals surface area contributed by atoms with Gasteiger partial charge in [-0.15, -0.1) is 0 Å². The highest BCUT2D eigenvalue weighted by atomic mass is 32.1. The fraction of sp³-hybridized carbons (Fsp3) is 0.200. The minimum absolute atomic E-state index is 0.294. The zero-order chi connectivity index (χ0) is 9.68. The van der Waals surface area contributed by atoms with Crippen molar-refractivity contribution in [1.29, 1.82) is 0 Å². The lowest BCUT2D eigenvalue weighted by atomic mass is 10.1. The van der Waals surface area contributed by atoms with E-state index in [1.807, 2.05) is 6.08 Å². The topological polar surface area (TPSA) is 20.2 Å². The van der Waals surface area contributed by atoms with Crippen molar-refractivity contribution in [2.75, 3.05) is 5.75 Å². The molecule has 0 bridgehead atoms. The zero-order valence-electron chi connectivity index (χ0n) is 7.07. The first-order valence-corrected chi connectivity index (χ1v) is 4.64. The molecule has 0 saturated carbocycles. The molecule has 0 aliphatic heterocycles. The molecule has 0 unspecified atom stereocenters. The van der Waals surface area contributed by atoms with E-state index in [1.165, 1.54) is 6.07 Å². The van der Waals surface area contributed by atoms with Gasteiger partial charge in [-0.2, -0.15) is 12.6 Å². The number of benzene rings is 1. The first-order chi connectivity index (χ1) is 6.25. The highest BCUT2D eigenvalue weighted by Crippen LogP contribution is 2.21. The highest BCUT2D eigenvalue weighted by Gasteiger charge is 2.01. The molecule has 0 atom stereocenters. The van der Waals surface area contributed by atoms with Crippen LogP contribution in [-0.4, -0.2) is 10.9 Å². The second-order valence-electron chi connectivity index (χ2n) is 2.59. The first kappa shape index (κ1) is 10.1. The van der Waals surface area contributed by atoms with Crippen molar-refractivity contribution in [3.05, 3.63) is 35.7 Å². The van der Waals surface area contributed by atoms with Crippen molar-refractivity contribution in [3.8, 4) is 5.75 Å². The van der Waals surface area contributed by atoms with Crippen LogP contribution in [0.3, 0.4) is 0 Å². The lowest BCUT2D eigenvalue weighted by molar-refractivity contribution is 0.431. The van der Waals surface area contributed by atoms with E-state index < -0.39 is 5.82 Å². The van der Waals surface area contributed by atoms with Crippen LogP contribution in [0.5, 0.6) is 5.75 Å². The highest BCUT2D eigenvalue weighted by molar-refractivity contribution is 7.80. The molecule has 0 fully saturated rings. The number of rotatable bonds is 3. The molecule has 0 aromatic heterocycles. The summed E-state index contributed by atoms with van der Waals surface area (Å²) in [5, 5.41) is 9.25. The van der Waals surface area contributed by atoms with Crippen LogP contribution in [0.4, 0.5) is 4.39 Å². The van der Waals surface area contributed by atoms with Gasteiger partial charge in [0.15, 0.2) is 11.6 Å².